The van der Waals surface area contributed by atoms with Gasteiger partial charge in [0.2, 0.25) is 0 Å². The van der Waals surface area contributed by atoms with Crippen molar-refractivity contribution >= 4 is 22.9 Å². The molecule has 0 aromatic heterocycles. The summed E-state index contributed by atoms with van der Waals surface area (Å²) >= 11 is 0. The first-order valence-corrected chi connectivity index (χ1v) is 6.68. The van der Waals surface area contributed by atoms with Crippen LogP contribution in [-0.2, 0) is 0 Å². The summed E-state index contributed by atoms with van der Waals surface area (Å²) < 4.78 is 0. The molecule has 0 saturated heterocycles. The predicted octanol–water partition coefficient (Wildman–Crippen LogP) is 4.47. The lowest BCUT2D eigenvalue weighted by atomic mass is 10.2. The minimum Gasteiger partial charge on any atom is -0.357 e. The van der Waals surface area contributed by atoms with Crippen molar-refractivity contribution in [3.05, 3.63) is 65.9 Å². The van der Waals surface area contributed by atoms with Crippen LogP contribution in [0.3, 0.4) is 0 Å². The number of benzene rings is 2. The SMILES string of the molecule is CC1=CC(=Nc2ccccc2C)Nc2ccccc2N1. The van der Waals surface area contributed by atoms with Gasteiger partial charge in [-0.3, -0.25) is 0 Å². The second kappa shape index (κ2) is 5.21. The number of rotatable bonds is 1. The van der Waals surface area contributed by atoms with Gasteiger partial charge in [0.05, 0.1) is 17.1 Å². The molecule has 20 heavy (non-hydrogen) atoms. The van der Waals surface area contributed by atoms with E-state index in [9.17, 15) is 0 Å². The summed E-state index contributed by atoms with van der Waals surface area (Å²) in [5.41, 5.74) is 5.32. The maximum absolute atomic E-state index is 4.72. The fraction of sp³-hybridized carbons (Fsp3) is 0.118. The van der Waals surface area contributed by atoms with E-state index in [0.717, 1.165) is 28.6 Å². The molecule has 3 nitrogen and oxygen atoms in total. The quantitative estimate of drug-likeness (QED) is 0.796. The molecule has 1 heterocycles. The summed E-state index contributed by atoms with van der Waals surface area (Å²) in [4.78, 5) is 4.72. The number of nitrogens with zero attached hydrogens (tertiary/aromatic N) is 1. The normalized spacial score (nSPS) is 15.7. The zero-order chi connectivity index (χ0) is 13.9. The minimum absolute atomic E-state index is 0.842. The molecular formula is C17H17N3. The highest BCUT2D eigenvalue weighted by Gasteiger charge is 2.09. The van der Waals surface area contributed by atoms with Gasteiger partial charge in [-0.25, -0.2) is 4.99 Å². The summed E-state index contributed by atoms with van der Waals surface area (Å²) in [5, 5.41) is 6.75. The van der Waals surface area contributed by atoms with E-state index < -0.39 is 0 Å². The zero-order valence-electron chi connectivity index (χ0n) is 11.6. The molecule has 2 aromatic rings. The molecule has 2 aromatic carbocycles. The van der Waals surface area contributed by atoms with Crippen LogP contribution < -0.4 is 10.6 Å². The summed E-state index contributed by atoms with van der Waals surface area (Å²) in [7, 11) is 0. The number of nitrogens with one attached hydrogen (secondary N) is 2. The molecule has 0 fully saturated rings. The van der Waals surface area contributed by atoms with Crippen molar-refractivity contribution in [3.8, 4) is 0 Å². The number of allylic oxidation sites excluding steroid dienone is 1. The summed E-state index contributed by atoms with van der Waals surface area (Å²) in [6.45, 7) is 4.11. The molecule has 0 bridgehead atoms. The molecule has 0 spiro atoms. The van der Waals surface area contributed by atoms with Crippen LogP contribution in [0.25, 0.3) is 0 Å². The molecular weight excluding hydrogens is 246 g/mol. The minimum atomic E-state index is 0.842. The van der Waals surface area contributed by atoms with E-state index in [-0.39, 0.29) is 0 Å². The monoisotopic (exact) mass is 263 g/mol. The van der Waals surface area contributed by atoms with Crippen LogP contribution in [0.15, 0.2) is 65.3 Å². The van der Waals surface area contributed by atoms with Gasteiger partial charge < -0.3 is 10.6 Å². The van der Waals surface area contributed by atoms with Gasteiger partial charge >= 0.3 is 0 Å². The number of aryl methyl sites for hydroxylation is 1. The van der Waals surface area contributed by atoms with Crippen molar-refractivity contribution in [2.75, 3.05) is 10.6 Å². The third kappa shape index (κ3) is 2.57. The Morgan fingerprint density at radius 1 is 0.800 bits per heavy atom. The number of hydrogen-bond acceptors (Lipinski definition) is 2. The van der Waals surface area contributed by atoms with E-state index >= 15 is 0 Å². The molecule has 0 amide bonds. The third-order valence-corrected chi connectivity index (χ3v) is 3.23. The summed E-state index contributed by atoms with van der Waals surface area (Å²) in [6.07, 6.45) is 2.02. The summed E-state index contributed by atoms with van der Waals surface area (Å²) in [5.74, 6) is 0.842. The second-order valence-electron chi connectivity index (χ2n) is 4.91. The maximum atomic E-state index is 4.72. The third-order valence-electron chi connectivity index (χ3n) is 3.23. The highest BCUT2D eigenvalue weighted by Crippen LogP contribution is 2.26. The van der Waals surface area contributed by atoms with Gasteiger partial charge in [-0.1, -0.05) is 30.3 Å². The number of para-hydroxylation sites is 3. The first-order valence-electron chi connectivity index (χ1n) is 6.68. The predicted molar refractivity (Wildman–Crippen MR) is 85.7 cm³/mol. The van der Waals surface area contributed by atoms with Crippen molar-refractivity contribution in [3.63, 3.8) is 0 Å². The number of aliphatic imine (C=N–C) groups is 1. The van der Waals surface area contributed by atoms with Crippen molar-refractivity contribution in [1.29, 1.82) is 0 Å². The average Bonchev–Trinajstić information content (AvgIpc) is 2.58. The van der Waals surface area contributed by atoms with E-state index in [1.807, 2.05) is 49.4 Å². The van der Waals surface area contributed by atoms with Gasteiger partial charge in [-0.05, 0) is 43.7 Å². The van der Waals surface area contributed by atoms with Crippen LogP contribution >= 0.6 is 0 Å². The smallest absolute Gasteiger partial charge is 0.132 e. The summed E-state index contributed by atoms with van der Waals surface area (Å²) in [6, 6.07) is 16.3. The molecule has 3 rings (SSSR count). The number of amidine groups is 1. The molecule has 0 unspecified atom stereocenters. The van der Waals surface area contributed by atoms with Gasteiger partial charge in [0.1, 0.15) is 5.84 Å². The van der Waals surface area contributed by atoms with E-state index in [1.54, 1.807) is 0 Å². The first kappa shape index (κ1) is 12.5. The highest BCUT2D eigenvalue weighted by atomic mass is 15.0. The lowest BCUT2D eigenvalue weighted by Gasteiger charge is -2.09. The molecule has 0 saturated carbocycles. The Labute approximate surface area is 119 Å². The number of fused-ring (bicyclic) bond motifs is 1. The molecule has 2 N–H and O–H groups in total. The fourth-order valence-corrected chi connectivity index (χ4v) is 2.21. The Kier molecular flexibility index (Phi) is 3.25. The average molecular weight is 263 g/mol. The lowest BCUT2D eigenvalue weighted by molar-refractivity contribution is 1.38. The Hall–Kier alpha value is -2.55. The largest absolute Gasteiger partial charge is 0.357 e. The number of anilines is 2. The van der Waals surface area contributed by atoms with Crippen molar-refractivity contribution in [2.24, 2.45) is 4.99 Å². The Balaban J connectivity index is 2.02. The fourth-order valence-electron chi connectivity index (χ4n) is 2.21. The molecule has 1 aliphatic heterocycles. The number of hydrogen-bond donors (Lipinski definition) is 2. The van der Waals surface area contributed by atoms with Gasteiger partial charge in [0.25, 0.3) is 0 Å². The van der Waals surface area contributed by atoms with Crippen LogP contribution in [0.4, 0.5) is 17.1 Å². The standard InChI is InChI=1S/C17H17N3/c1-12-7-3-4-8-14(12)19-17-11-13(2)18-15-9-5-6-10-16(15)20-17/h3-11,18H,1-2H3,(H,19,20). The van der Waals surface area contributed by atoms with E-state index in [0.29, 0.717) is 0 Å². The molecule has 100 valence electrons. The molecule has 0 atom stereocenters. The molecule has 1 aliphatic rings. The van der Waals surface area contributed by atoms with Crippen molar-refractivity contribution in [2.45, 2.75) is 13.8 Å². The Morgan fingerprint density at radius 3 is 2.20 bits per heavy atom. The highest BCUT2D eigenvalue weighted by molar-refractivity contribution is 6.08. The van der Waals surface area contributed by atoms with E-state index in [1.165, 1.54) is 5.56 Å². The second-order valence-corrected chi connectivity index (χ2v) is 4.91. The van der Waals surface area contributed by atoms with Gasteiger partial charge in [-0.15, -0.1) is 0 Å². The van der Waals surface area contributed by atoms with Crippen LogP contribution in [0.1, 0.15) is 12.5 Å². The van der Waals surface area contributed by atoms with Gasteiger partial charge in [-0.2, -0.15) is 0 Å². The maximum Gasteiger partial charge on any atom is 0.132 e. The van der Waals surface area contributed by atoms with Crippen molar-refractivity contribution < 1.29 is 0 Å². The zero-order valence-corrected chi connectivity index (χ0v) is 11.6. The van der Waals surface area contributed by atoms with Gasteiger partial charge in [0, 0.05) is 5.70 Å². The first-order chi connectivity index (χ1) is 9.72. The van der Waals surface area contributed by atoms with Crippen LogP contribution in [0.2, 0.25) is 0 Å². The topological polar surface area (TPSA) is 36.4 Å². The molecule has 0 aliphatic carbocycles. The van der Waals surface area contributed by atoms with Gasteiger partial charge in [0.15, 0.2) is 0 Å². The van der Waals surface area contributed by atoms with Crippen molar-refractivity contribution in [1.82, 2.24) is 0 Å². The Morgan fingerprint density at radius 2 is 1.45 bits per heavy atom. The van der Waals surface area contributed by atoms with E-state index in [2.05, 4.69) is 29.7 Å². The Bertz CT molecular complexity index is 699. The molecule has 3 heteroatoms. The lowest BCUT2D eigenvalue weighted by Crippen LogP contribution is -2.07. The van der Waals surface area contributed by atoms with E-state index in [4.69, 9.17) is 4.99 Å². The van der Waals surface area contributed by atoms with Crippen LogP contribution in [-0.4, -0.2) is 5.84 Å². The molecule has 0 radical (unpaired) electrons. The van der Waals surface area contributed by atoms with Crippen LogP contribution in [0, 0.1) is 6.92 Å². The van der Waals surface area contributed by atoms with Crippen LogP contribution in [0.5, 0.6) is 0 Å².